The molecule has 0 aliphatic carbocycles. The summed E-state index contributed by atoms with van der Waals surface area (Å²) < 4.78 is 5.55. The number of halogens is 1. The van der Waals surface area contributed by atoms with Crippen LogP contribution >= 0.6 is 11.6 Å². The van der Waals surface area contributed by atoms with Crippen molar-refractivity contribution >= 4 is 11.6 Å². The Bertz CT molecular complexity index is 330. The summed E-state index contributed by atoms with van der Waals surface area (Å²) in [5.41, 5.74) is 1.28. The highest BCUT2D eigenvalue weighted by Crippen LogP contribution is 2.13. The van der Waals surface area contributed by atoms with Gasteiger partial charge >= 0.3 is 0 Å². The Labute approximate surface area is 116 Å². The zero-order chi connectivity index (χ0) is 13.2. The zero-order valence-corrected chi connectivity index (χ0v) is 12.2. The van der Waals surface area contributed by atoms with E-state index in [2.05, 4.69) is 25.2 Å². The fourth-order valence-electron chi connectivity index (χ4n) is 1.99. The van der Waals surface area contributed by atoms with Gasteiger partial charge in [-0.25, -0.2) is 0 Å². The van der Waals surface area contributed by atoms with Crippen LogP contribution in [-0.2, 0) is 11.2 Å². The predicted molar refractivity (Wildman–Crippen MR) is 78.3 cm³/mol. The first-order valence-electron chi connectivity index (χ1n) is 6.81. The minimum Gasteiger partial charge on any atom is -0.381 e. The Morgan fingerprint density at radius 3 is 2.78 bits per heavy atom. The minimum atomic E-state index is 0.463. The lowest BCUT2D eigenvalue weighted by atomic mass is 10.0. The summed E-state index contributed by atoms with van der Waals surface area (Å²) in [4.78, 5) is 0. The third kappa shape index (κ3) is 6.39. The zero-order valence-electron chi connectivity index (χ0n) is 11.4. The van der Waals surface area contributed by atoms with E-state index in [0.29, 0.717) is 6.04 Å². The summed E-state index contributed by atoms with van der Waals surface area (Å²) in [5, 5.41) is 4.31. The monoisotopic (exact) mass is 269 g/mol. The largest absolute Gasteiger partial charge is 0.381 e. The maximum Gasteiger partial charge on any atom is 0.0480 e. The van der Waals surface area contributed by atoms with Gasteiger partial charge in [-0.1, -0.05) is 37.6 Å². The number of hydrogen-bond acceptors (Lipinski definition) is 2. The molecular formula is C15H24ClNO. The number of benzene rings is 1. The average molecular weight is 270 g/mol. The normalized spacial score (nSPS) is 12.6. The minimum absolute atomic E-state index is 0.463. The molecule has 0 fully saturated rings. The lowest BCUT2D eigenvalue weighted by Crippen LogP contribution is -2.32. The van der Waals surface area contributed by atoms with Gasteiger partial charge in [-0.3, -0.25) is 0 Å². The second-order valence-electron chi connectivity index (χ2n) is 4.49. The smallest absolute Gasteiger partial charge is 0.0480 e. The Balaban J connectivity index is 2.41. The Kier molecular flexibility index (Phi) is 8.06. The van der Waals surface area contributed by atoms with E-state index in [1.807, 2.05) is 18.2 Å². The molecule has 1 N–H and O–H groups in total. The molecule has 0 spiro atoms. The molecule has 3 heteroatoms. The van der Waals surface area contributed by atoms with E-state index in [4.69, 9.17) is 16.3 Å². The topological polar surface area (TPSA) is 21.3 Å². The van der Waals surface area contributed by atoms with Crippen molar-refractivity contribution in [1.29, 1.82) is 0 Å². The highest BCUT2D eigenvalue weighted by molar-refractivity contribution is 6.30. The Hall–Kier alpha value is -0.570. The van der Waals surface area contributed by atoms with Crippen LogP contribution in [0.2, 0.25) is 5.02 Å². The van der Waals surface area contributed by atoms with E-state index in [-0.39, 0.29) is 0 Å². The van der Waals surface area contributed by atoms with Crippen molar-refractivity contribution in [2.45, 2.75) is 39.2 Å². The van der Waals surface area contributed by atoms with Crippen LogP contribution in [0.3, 0.4) is 0 Å². The number of rotatable bonds is 9. The second-order valence-corrected chi connectivity index (χ2v) is 4.93. The first-order chi connectivity index (χ1) is 8.76. The van der Waals surface area contributed by atoms with E-state index in [1.165, 1.54) is 5.56 Å². The summed E-state index contributed by atoms with van der Waals surface area (Å²) in [7, 11) is 0. The van der Waals surface area contributed by atoms with Gasteiger partial charge in [0.05, 0.1) is 0 Å². The van der Waals surface area contributed by atoms with Crippen LogP contribution in [0.1, 0.15) is 32.3 Å². The molecule has 1 atom stereocenters. The van der Waals surface area contributed by atoms with E-state index < -0.39 is 0 Å². The quantitative estimate of drug-likeness (QED) is 0.691. The summed E-state index contributed by atoms with van der Waals surface area (Å²) in [5.74, 6) is 0. The van der Waals surface area contributed by atoms with Crippen LogP contribution in [-0.4, -0.2) is 25.8 Å². The van der Waals surface area contributed by atoms with E-state index in [9.17, 15) is 0 Å². The SMILES string of the molecule is CCCOCCC(Cc1cccc(Cl)c1)NCC. The molecule has 0 amide bonds. The van der Waals surface area contributed by atoms with Crippen molar-refractivity contribution in [3.8, 4) is 0 Å². The molecule has 0 aliphatic heterocycles. The van der Waals surface area contributed by atoms with Crippen molar-refractivity contribution < 1.29 is 4.74 Å². The van der Waals surface area contributed by atoms with Crippen molar-refractivity contribution in [2.24, 2.45) is 0 Å². The van der Waals surface area contributed by atoms with Gasteiger partial charge in [0, 0.05) is 24.3 Å². The number of nitrogens with one attached hydrogen (secondary N) is 1. The standard InChI is InChI=1S/C15H24ClNO/c1-3-9-18-10-8-15(17-4-2)12-13-6-5-7-14(16)11-13/h5-7,11,15,17H,3-4,8-10,12H2,1-2H3. The van der Waals surface area contributed by atoms with Crippen LogP contribution in [0.25, 0.3) is 0 Å². The maximum atomic E-state index is 6.01. The molecule has 0 bridgehead atoms. The molecule has 2 nitrogen and oxygen atoms in total. The van der Waals surface area contributed by atoms with Crippen molar-refractivity contribution in [2.75, 3.05) is 19.8 Å². The first-order valence-corrected chi connectivity index (χ1v) is 7.19. The molecule has 18 heavy (non-hydrogen) atoms. The lowest BCUT2D eigenvalue weighted by molar-refractivity contribution is 0.124. The third-order valence-corrected chi connectivity index (χ3v) is 3.06. The van der Waals surface area contributed by atoms with Crippen molar-refractivity contribution in [3.05, 3.63) is 34.9 Å². The molecule has 0 heterocycles. The van der Waals surface area contributed by atoms with Crippen LogP contribution < -0.4 is 5.32 Å². The summed E-state index contributed by atoms with van der Waals surface area (Å²) in [6, 6.07) is 8.55. The summed E-state index contributed by atoms with van der Waals surface area (Å²) in [6.45, 7) is 6.94. The van der Waals surface area contributed by atoms with Gasteiger partial charge < -0.3 is 10.1 Å². The second kappa shape index (κ2) is 9.37. The molecule has 0 radical (unpaired) electrons. The fourth-order valence-corrected chi connectivity index (χ4v) is 2.20. The van der Waals surface area contributed by atoms with Gasteiger partial charge in [-0.2, -0.15) is 0 Å². The number of likely N-dealkylation sites (N-methyl/N-ethyl adjacent to an activating group) is 1. The Morgan fingerprint density at radius 1 is 1.28 bits per heavy atom. The van der Waals surface area contributed by atoms with Gasteiger partial charge in [-0.05, 0) is 43.5 Å². The number of ether oxygens (including phenoxy) is 1. The van der Waals surface area contributed by atoms with Crippen LogP contribution in [0, 0.1) is 0 Å². The summed E-state index contributed by atoms with van der Waals surface area (Å²) >= 11 is 6.01. The highest BCUT2D eigenvalue weighted by Gasteiger charge is 2.08. The molecule has 1 unspecified atom stereocenters. The van der Waals surface area contributed by atoms with Gasteiger partial charge in [-0.15, -0.1) is 0 Å². The molecular weight excluding hydrogens is 246 g/mol. The number of hydrogen-bond donors (Lipinski definition) is 1. The Morgan fingerprint density at radius 2 is 2.11 bits per heavy atom. The third-order valence-electron chi connectivity index (χ3n) is 2.82. The van der Waals surface area contributed by atoms with Crippen LogP contribution in [0.15, 0.2) is 24.3 Å². The molecule has 0 saturated heterocycles. The van der Waals surface area contributed by atoms with Gasteiger partial charge in [0.15, 0.2) is 0 Å². The molecule has 0 saturated carbocycles. The average Bonchev–Trinajstić information content (AvgIpc) is 2.35. The van der Waals surface area contributed by atoms with Gasteiger partial charge in [0.2, 0.25) is 0 Å². The fraction of sp³-hybridized carbons (Fsp3) is 0.600. The molecule has 1 aromatic carbocycles. The van der Waals surface area contributed by atoms with Gasteiger partial charge in [0.1, 0.15) is 0 Å². The van der Waals surface area contributed by atoms with Gasteiger partial charge in [0.25, 0.3) is 0 Å². The van der Waals surface area contributed by atoms with Crippen molar-refractivity contribution in [3.63, 3.8) is 0 Å². The molecule has 0 aromatic heterocycles. The first kappa shape index (κ1) is 15.5. The maximum absolute atomic E-state index is 6.01. The van der Waals surface area contributed by atoms with E-state index in [1.54, 1.807) is 0 Å². The molecule has 1 aromatic rings. The molecule has 1 rings (SSSR count). The molecule has 0 aliphatic rings. The van der Waals surface area contributed by atoms with Crippen LogP contribution in [0.4, 0.5) is 0 Å². The molecule has 102 valence electrons. The predicted octanol–water partition coefficient (Wildman–Crippen LogP) is 3.68. The van der Waals surface area contributed by atoms with Crippen LogP contribution in [0.5, 0.6) is 0 Å². The van der Waals surface area contributed by atoms with Crippen molar-refractivity contribution in [1.82, 2.24) is 5.32 Å². The van der Waals surface area contributed by atoms with E-state index in [0.717, 1.165) is 44.0 Å². The van der Waals surface area contributed by atoms with E-state index >= 15 is 0 Å². The summed E-state index contributed by atoms with van der Waals surface area (Å²) in [6.07, 6.45) is 3.13. The highest BCUT2D eigenvalue weighted by atomic mass is 35.5. The lowest BCUT2D eigenvalue weighted by Gasteiger charge is -2.18.